The smallest absolute Gasteiger partial charge is 1.00 e. The van der Waals surface area contributed by atoms with Gasteiger partial charge in [-0.3, -0.25) is 17.5 Å². The number of hydrogen-bond acceptors (Lipinski definition) is 8. The fourth-order valence-electron chi connectivity index (χ4n) is 0. The first kappa shape index (κ1) is 33.0. The average Bonchev–Trinajstić information content (AvgIpc) is 1.94. The van der Waals surface area contributed by atoms with Crippen LogP contribution >= 0.6 is 0 Å². The van der Waals surface area contributed by atoms with Crippen molar-refractivity contribution in [1.82, 2.24) is 0 Å². The molecule has 0 aromatic carbocycles. The summed E-state index contributed by atoms with van der Waals surface area (Å²) in [4.78, 5) is 0. The summed E-state index contributed by atoms with van der Waals surface area (Å²) in [6.07, 6.45) is 0. The third kappa shape index (κ3) is 78.8. The van der Waals surface area contributed by atoms with Crippen LogP contribution < -0.4 is 18.9 Å². The Kier molecular flexibility index (Phi) is 26.1. The van der Waals surface area contributed by atoms with Crippen molar-refractivity contribution in [2.45, 2.75) is 25.5 Å². The molecule has 0 aliphatic carbocycles. The molecule has 0 aromatic heterocycles. The normalized spacial score (nSPS) is 9.19. The van der Waals surface area contributed by atoms with Crippen molar-refractivity contribution in [3.63, 3.8) is 0 Å². The zero-order valence-electron chi connectivity index (χ0n) is 12.7. The van der Waals surface area contributed by atoms with Gasteiger partial charge in [0.2, 0.25) is 0 Å². The predicted molar refractivity (Wildman–Crippen MR) is 66.3 cm³/mol. The molecule has 0 heterocycles. The van der Waals surface area contributed by atoms with E-state index < -0.39 is 37.1 Å². The van der Waals surface area contributed by atoms with Crippen LogP contribution in [0.2, 0.25) is 0 Å². The van der Waals surface area contributed by atoms with E-state index in [9.17, 15) is 21.4 Å². The van der Waals surface area contributed by atoms with Gasteiger partial charge >= 0.3 is 41.0 Å². The molecule has 9 nitrogen and oxygen atoms in total. The van der Waals surface area contributed by atoms with Gasteiger partial charge < -0.3 is 31.6 Å². The van der Waals surface area contributed by atoms with Crippen LogP contribution in [-0.4, -0.2) is 70.0 Å². The summed E-state index contributed by atoms with van der Waals surface area (Å²) in [5, 5.41) is 41.7. The number of hydrogen-bond donors (Lipinski definition) is 7. The first-order valence-electron chi connectivity index (χ1n) is 4.42. The molecule has 0 radical (unpaired) electrons. The Morgan fingerprint density at radius 3 is 0.857 bits per heavy atom. The Bertz CT molecular complexity index is 282. The molecule has 0 saturated carbocycles. The fourth-order valence-corrected chi connectivity index (χ4v) is 0. The second kappa shape index (κ2) is 16.6. The first-order chi connectivity index (χ1) is 8.45. The minimum Gasteiger partial charge on any atom is -1.00 e. The zero-order valence-corrected chi connectivity index (χ0v) is 12.5. The van der Waals surface area contributed by atoms with Crippen molar-refractivity contribution < 1.29 is 76.3 Å². The Labute approximate surface area is 134 Å². The molecule has 0 rings (SSSR count). The molecule has 7 N–H and O–H groups in total. The van der Waals surface area contributed by atoms with Crippen molar-refractivity contribution in [1.29, 1.82) is 0 Å². The number of rotatable bonds is 0. The molecule has 0 atom stereocenters. The van der Waals surface area contributed by atoms with E-state index in [0.29, 0.717) is 0 Å². The van der Waals surface area contributed by atoms with E-state index >= 15 is 0 Å². The molecule has 0 aliphatic rings. The van der Waals surface area contributed by atoms with E-state index in [2.05, 4.69) is 0 Å². The van der Waals surface area contributed by atoms with E-state index in [-0.39, 0.29) is 20.3 Å². The molecule has 17 heteroatoms. The summed E-state index contributed by atoms with van der Waals surface area (Å²) in [6, 6.07) is 0. The molecular formula is C4H17B3F3LiO9S. The van der Waals surface area contributed by atoms with Crippen molar-refractivity contribution in [2.24, 2.45) is 0 Å². The molecule has 0 amide bonds. The second-order valence-corrected chi connectivity index (χ2v) is 5.69. The minimum absolute atomic E-state index is 0. The van der Waals surface area contributed by atoms with Gasteiger partial charge in [0.05, 0.1) is 4.75 Å². The Balaban J connectivity index is -0.0000000400. The van der Waals surface area contributed by atoms with Crippen molar-refractivity contribution in [2.75, 3.05) is 0 Å². The summed E-state index contributed by atoms with van der Waals surface area (Å²) < 4.78 is 58.0. The maximum Gasteiger partial charge on any atom is 1.00 e. The maximum atomic E-state index is 10.2. The van der Waals surface area contributed by atoms with Crippen LogP contribution in [0.3, 0.4) is 0 Å². The van der Waals surface area contributed by atoms with Gasteiger partial charge in [0.25, 0.3) is 10.1 Å². The van der Waals surface area contributed by atoms with E-state index in [4.69, 9.17) is 34.7 Å². The van der Waals surface area contributed by atoms with Crippen LogP contribution in [0.1, 0.15) is 22.2 Å². The number of halogens is 3. The summed E-state index contributed by atoms with van der Waals surface area (Å²) >= 11 is 0. The van der Waals surface area contributed by atoms with E-state index in [1.807, 2.05) is 0 Å². The molecule has 0 spiro atoms. The molecule has 124 valence electrons. The van der Waals surface area contributed by atoms with Gasteiger partial charge in [0, 0.05) is 0 Å². The van der Waals surface area contributed by atoms with Gasteiger partial charge in [-0.1, -0.05) is 0 Å². The van der Waals surface area contributed by atoms with Crippen LogP contribution in [0.4, 0.5) is 12.9 Å². The molecule has 0 unspecified atom stereocenters. The largest absolute Gasteiger partial charge is 1.00 e. The Hall–Kier alpha value is 0.252. The van der Waals surface area contributed by atoms with Gasteiger partial charge in [-0.05, 0) is 20.8 Å². The van der Waals surface area contributed by atoms with Crippen LogP contribution in [-0.2, 0) is 10.1 Å². The summed E-state index contributed by atoms with van der Waals surface area (Å²) in [7, 11) is -11.8. The molecule has 0 fully saturated rings. The van der Waals surface area contributed by atoms with Crippen LogP contribution in [0.25, 0.3) is 0 Å². The first-order valence-corrected chi connectivity index (χ1v) is 5.86. The quantitative estimate of drug-likeness (QED) is 0.168. The Morgan fingerprint density at radius 1 is 0.810 bits per heavy atom. The molecule has 0 saturated heterocycles. The SMILES string of the molecule is CC(C)(C)S(=O)(=O)O.OB(O)F.OB(O)F.OB(O)F.[H-].[Li+]. The third-order valence-electron chi connectivity index (χ3n) is 0.774. The van der Waals surface area contributed by atoms with E-state index in [0.717, 1.165) is 0 Å². The molecule has 0 aromatic rings. The maximum absolute atomic E-state index is 10.2. The summed E-state index contributed by atoms with van der Waals surface area (Å²) in [5.74, 6) is 0. The van der Waals surface area contributed by atoms with Crippen molar-refractivity contribution in [3.05, 3.63) is 0 Å². The van der Waals surface area contributed by atoms with E-state index in [1.54, 1.807) is 0 Å². The standard InChI is InChI=1S/C4H10O3S.3BFH2O2.Li.H/c1-4(2,3)8(5,6)7;3*2-1(3)4;;/h1-3H3,(H,5,6,7);3*3-4H;;/q;;;;+1;-1. The third-order valence-corrected chi connectivity index (χ3v) is 2.32. The van der Waals surface area contributed by atoms with Gasteiger partial charge in [-0.2, -0.15) is 8.42 Å². The molecule has 21 heavy (non-hydrogen) atoms. The molecular weight excluding hydrogens is 320 g/mol. The van der Waals surface area contributed by atoms with Crippen LogP contribution in [0.5, 0.6) is 0 Å². The van der Waals surface area contributed by atoms with Gasteiger partial charge in [-0.15, -0.1) is 0 Å². The average molecular weight is 338 g/mol. The molecule has 0 aliphatic heterocycles. The Morgan fingerprint density at radius 2 is 0.857 bits per heavy atom. The van der Waals surface area contributed by atoms with Crippen molar-refractivity contribution >= 4 is 32.3 Å². The van der Waals surface area contributed by atoms with Crippen LogP contribution in [0.15, 0.2) is 0 Å². The van der Waals surface area contributed by atoms with Gasteiger partial charge in [0.15, 0.2) is 0 Å². The van der Waals surface area contributed by atoms with E-state index in [1.165, 1.54) is 20.8 Å². The zero-order chi connectivity index (χ0) is 17.7. The topological polar surface area (TPSA) is 176 Å². The van der Waals surface area contributed by atoms with Gasteiger partial charge in [0.1, 0.15) is 0 Å². The summed E-state index contributed by atoms with van der Waals surface area (Å²) in [5.41, 5.74) is 0. The van der Waals surface area contributed by atoms with Crippen molar-refractivity contribution in [3.8, 4) is 0 Å². The molecule has 0 bridgehead atoms. The monoisotopic (exact) mass is 338 g/mol. The minimum atomic E-state index is -3.84. The summed E-state index contributed by atoms with van der Waals surface area (Å²) in [6.45, 7) is 4.30. The predicted octanol–water partition coefficient (Wildman–Crippen LogP) is -5.43. The van der Waals surface area contributed by atoms with Gasteiger partial charge in [-0.25, -0.2) is 0 Å². The fraction of sp³-hybridized carbons (Fsp3) is 1.00. The second-order valence-electron chi connectivity index (χ2n) is 3.52. The van der Waals surface area contributed by atoms with Crippen LogP contribution in [0, 0.1) is 0 Å².